The highest BCUT2D eigenvalue weighted by atomic mass is 16.6. The maximum atomic E-state index is 11.1. The number of hydrogen-bond donors (Lipinski definition) is 1. The first-order valence-electron chi connectivity index (χ1n) is 6.31. The number of esters is 1. The van der Waals surface area contributed by atoms with E-state index >= 15 is 0 Å². The lowest BCUT2D eigenvalue weighted by molar-refractivity contribution is -0.132. The molecule has 5 nitrogen and oxygen atoms in total. The largest absolute Gasteiger partial charge is 0.415 e. The zero-order valence-corrected chi connectivity index (χ0v) is 11.3. The Hall–Kier alpha value is -1.36. The maximum Gasteiger partial charge on any atom is 0.415 e. The van der Waals surface area contributed by atoms with E-state index in [1.807, 2.05) is 0 Å². The normalized spacial score (nSPS) is 9.89. The SMILES string of the molecule is C=C(C)C(=O)OC(=O)NCCOCCCCCC. The van der Waals surface area contributed by atoms with Crippen LogP contribution in [-0.2, 0) is 14.3 Å². The van der Waals surface area contributed by atoms with E-state index in [0.29, 0.717) is 19.8 Å². The third kappa shape index (κ3) is 9.84. The highest BCUT2D eigenvalue weighted by molar-refractivity contribution is 5.94. The molecule has 0 aliphatic rings. The summed E-state index contributed by atoms with van der Waals surface area (Å²) in [7, 11) is 0. The minimum atomic E-state index is -0.766. The molecule has 0 saturated heterocycles. The van der Waals surface area contributed by atoms with Gasteiger partial charge in [-0.3, -0.25) is 0 Å². The molecule has 18 heavy (non-hydrogen) atoms. The van der Waals surface area contributed by atoms with Crippen molar-refractivity contribution in [2.45, 2.75) is 39.5 Å². The van der Waals surface area contributed by atoms with Gasteiger partial charge in [-0.1, -0.05) is 32.8 Å². The number of hydrogen-bond acceptors (Lipinski definition) is 4. The van der Waals surface area contributed by atoms with Gasteiger partial charge in [0, 0.05) is 18.7 Å². The molecule has 0 atom stereocenters. The van der Waals surface area contributed by atoms with E-state index in [1.165, 1.54) is 26.2 Å². The van der Waals surface area contributed by atoms with Crippen molar-refractivity contribution in [1.82, 2.24) is 5.32 Å². The Morgan fingerprint density at radius 2 is 1.89 bits per heavy atom. The highest BCUT2D eigenvalue weighted by Gasteiger charge is 2.09. The van der Waals surface area contributed by atoms with Crippen molar-refractivity contribution in [3.05, 3.63) is 12.2 Å². The highest BCUT2D eigenvalue weighted by Crippen LogP contribution is 1.98. The first-order chi connectivity index (χ1) is 8.57. The molecule has 0 aromatic heterocycles. The Labute approximate surface area is 109 Å². The zero-order chi connectivity index (χ0) is 13.8. The van der Waals surface area contributed by atoms with Crippen LogP contribution in [0.5, 0.6) is 0 Å². The fourth-order valence-corrected chi connectivity index (χ4v) is 1.17. The smallest absolute Gasteiger partial charge is 0.380 e. The Balaban J connectivity index is 3.36. The molecular weight excluding hydrogens is 234 g/mol. The van der Waals surface area contributed by atoms with Crippen LogP contribution in [0.3, 0.4) is 0 Å². The number of carbonyl (C=O) groups excluding carboxylic acids is 2. The van der Waals surface area contributed by atoms with Gasteiger partial charge >= 0.3 is 12.1 Å². The lowest BCUT2D eigenvalue weighted by Gasteiger charge is -2.06. The first kappa shape index (κ1) is 16.6. The number of nitrogens with one attached hydrogen (secondary N) is 1. The average Bonchev–Trinajstić information content (AvgIpc) is 2.32. The van der Waals surface area contributed by atoms with Crippen LogP contribution in [0.1, 0.15) is 39.5 Å². The van der Waals surface area contributed by atoms with Crippen LogP contribution in [0.15, 0.2) is 12.2 Å². The van der Waals surface area contributed by atoms with E-state index in [9.17, 15) is 9.59 Å². The number of rotatable bonds is 9. The van der Waals surface area contributed by atoms with Gasteiger partial charge in [0.15, 0.2) is 0 Å². The van der Waals surface area contributed by atoms with Gasteiger partial charge in [0.2, 0.25) is 0 Å². The Morgan fingerprint density at radius 3 is 2.50 bits per heavy atom. The van der Waals surface area contributed by atoms with Gasteiger partial charge in [0.1, 0.15) is 0 Å². The quantitative estimate of drug-likeness (QED) is 0.298. The molecule has 0 aromatic carbocycles. The predicted molar refractivity (Wildman–Crippen MR) is 69.3 cm³/mol. The van der Waals surface area contributed by atoms with Gasteiger partial charge in [0.25, 0.3) is 0 Å². The molecule has 0 heterocycles. The lowest BCUT2D eigenvalue weighted by atomic mass is 10.2. The van der Waals surface area contributed by atoms with E-state index in [-0.39, 0.29) is 5.57 Å². The van der Waals surface area contributed by atoms with E-state index in [4.69, 9.17) is 4.74 Å². The molecule has 0 rings (SSSR count). The fourth-order valence-electron chi connectivity index (χ4n) is 1.17. The molecule has 0 unspecified atom stereocenters. The molecule has 0 fully saturated rings. The summed E-state index contributed by atoms with van der Waals surface area (Å²) < 4.78 is 9.74. The second kappa shape index (κ2) is 10.8. The van der Waals surface area contributed by atoms with Gasteiger partial charge in [-0.15, -0.1) is 0 Å². The van der Waals surface area contributed by atoms with E-state index in [1.54, 1.807) is 0 Å². The van der Waals surface area contributed by atoms with Crippen molar-refractivity contribution in [3.8, 4) is 0 Å². The summed E-state index contributed by atoms with van der Waals surface area (Å²) in [6.45, 7) is 8.46. The molecule has 0 aliphatic heterocycles. The molecule has 1 N–H and O–H groups in total. The van der Waals surface area contributed by atoms with Crippen LogP contribution in [0.4, 0.5) is 4.79 Å². The van der Waals surface area contributed by atoms with Gasteiger partial charge in [-0.25, -0.2) is 9.59 Å². The average molecular weight is 257 g/mol. The molecule has 0 spiro atoms. The van der Waals surface area contributed by atoms with Gasteiger partial charge in [0.05, 0.1) is 6.61 Å². The summed E-state index contributed by atoms with van der Waals surface area (Å²) in [4.78, 5) is 22.1. The van der Waals surface area contributed by atoms with E-state index in [0.717, 1.165) is 6.42 Å². The topological polar surface area (TPSA) is 64.6 Å². The molecule has 1 amide bonds. The van der Waals surface area contributed by atoms with E-state index in [2.05, 4.69) is 23.6 Å². The van der Waals surface area contributed by atoms with E-state index < -0.39 is 12.1 Å². The maximum absolute atomic E-state index is 11.1. The second-order valence-corrected chi connectivity index (χ2v) is 4.06. The molecule has 0 aromatic rings. The van der Waals surface area contributed by atoms with Crippen molar-refractivity contribution in [3.63, 3.8) is 0 Å². The van der Waals surface area contributed by atoms with Crippen LogP contribution in [0, 0.1) is 0 Å². The molecule has 5 heteroatoms. The van der Waals surface area contributed by atoms with Crippen LogP contribution in [0.2, 0.25) is 0 Å². The summed E-state index contributed by atoms with van der Waals surface area (Å²) in [5.41, 5.74) is 0.192. The number of carbonyl (C=O) groups is 2. The van der Waals surface area contributed by atoms with Crippen LogP contribution >= 0.6 is 0 Å². The molecular formula is C13H23NO4. The van der Waals surface area contributed by atoms with Crippen molar-refractivity contribution >= 4 is 12.1 Å². The number of amides is 1. The Kier molecular flexibility index (Phi) is 9.96. The third-order valence-electron chi connectivity index (χ3n) is 2.19. The minimum absolute atomic E-state index is 0.192. The third-order valence-corrected chi connectivity index (χ3v) is 2.19. The Bertz CT molecular complexity index is 276. The van der Waals surface area contributed by atoms with Gasteiger partial charge < -0.3 is 14.8 Å². The summed E-state index contributed by atoms with van der Waals surface area (Å²) in [6, 6.07) is 0. The number of alkyl carbamates (subject to hydrolysis) is 1. The number of unbranched alkanes of at least 4 members (excludes halogenated alkanes) is 3. The van der Waals surface area contributed by atoms with Crippen molar-refractivity contribution < 1.29 is 19.1 Å². The lowest BCUT2D eigenvalue weighted by Crippen LogP contribution is -2.30. The summed E-state index contributed by atoms with van der Waals surface area (Å²) in [5.74, 6) is -0.715. The van der Waals surface area contributed by atoms with Crippen LogP contribution in [-0.4, -0.2) is 31.8 Å². The molecule has 104 valence electrons. The molecule has 0 radical (unpaired) electrons. The monoisotopic (exact) mass is 257 g/mol. The summed E-state index contributed by atoms with van der Waals surface area (Å²) >= 11 is 0. The molecule has 0 saturated carbocycles. The predicted octanol–water partition coefficient (Wildman–Crippen LogP) is 2.41. The standard InChI is InChI=1S/C13H23NO4/c1-4-5-6-7-9-17-10-8-14-13(16)18-12(15)11(2)3/h2,4-10H2,1,3H3,(H,14,16). The first-order valence-corrected chi connectivity index (χ1v) is 6.31. The van der Waals surface area contributed by atoms with Gasteiger partial charge in [-0.2, -0.15) is 0 Å². The number of ether oxygens (including phenoxy) is 2. The summed E-state index contributed by atoms with van der Waals surface area (Å²) in [5, 5.41) is 2.42. The van der Waals surface area contributed by atoms with Crippen LogP contribution < -0.4 is 5.32 Å². The Morgan fingerprint density at radius 1 is 1.17 bits per heavy atom. The molecule has 0 aliphatic carbocycles. The van der Waals surface area contributed by atoms with Crippen molar-refractivity contribution in [2.24, 2.45) is 0 Å². The fraction of sp³-hybridized carbons (Fsp3) is 0.692. The summed E-state index contributed by atoms with van der Waals surface area (Å²) in [6.07, 6.45) is 3.85. The van der Waals surface area contributed by atoms with Crippen LogP contribution in [0.25, 0.3) is 0 Å². The van der Waals surface area contributed by atoms with Crippen molar-refractivity contribution in [1.29, 1.82) is 0 Å². The van der Waals surface area contributed by atoms with Gasteiger partial charge in [-0.05, 0) is 13.3 Å². The second-order valence-electron chi connectivity index (χ2n) is 4.06. The zero-order valence-electron chi connectivity index (χ0n) is 11.3. The minimum Gasteiger partial charge on any atom is -0.380 e. The van der Waals surface area contributed by atoms with Crippen molar-refractivity contribution in [2.75, 3.05) is 19.8 Å². The molecule has 0 bridgehead atoms.